The lowest BCUT2D eigenvalue weighted by molar-refractivity contribution is -0.110. The lowest BCUT2D eigenvalue weighted by Crippen LogP contribution is -2.13. The zero-order valence-corrected chi connectivity index (χ0v) is 20.8. The van der Waals surface area contributed by atoms with Gasteiger partial charge in [0.1, 0.15) is 0 Å². The van der Waals surface area contributed by atoms with Gasteiger partial charge in [0, 0.05) is 22.6 Å². The van der Waals surface area contributed by atoms with Crippen LogP contribution in [-0.2, 0) is 21.2 Å². The van der Waals surface area contributed by atoms with E-state index in [1.165, 1.54) is 12.1 Å². The van der Waals surface area contributed by atoms with Gasteiger partial charge >= 0.3 is 0 Å². The van der Waals surface area contributed by atoms with E-state index in [-0.39, 0.29) is 10.8 Å². The van der Waals surface area contributed by atoms with Crippen molar-refractivity contribution in [3.05, 3.63) is 120 Å². The van der Waals surface area contributed by atoms with Crippen molar-refractivity contribution >= 4 is 44.3 Å². The van der Waals surface area contributed by atoms with E-state index in [4.69, 9.17) is 5.73 Å². The third kappa shape index (κ3) is 5.25. The first-order valence-corrected chi connectivity index (χ1v) is 13.3. The highest BCUT2D eigenvalue weighted by Gasteiger charge is 2.30. The first-order valence-electron chi connectivity index (χ1n) is 11.8. The number of nitrogens with one attached hydrogen (secondary N) is 3. The number of sulfonamides is 1. The molecule has 4 aromatic carbocycles. The van der Waals surface area contributed by atoms with E-state index in [0.29, 0.717) is 34.8 Å². The SMILES string of the molecule is NCCc1ccc(N/C(=C2\C(=O)Nc3ccc(S(=O)(=O)Nc4ccccc4)cc32)c2ccccc2)cc1. The second-order valence-corrected chi connectivity index (χ2v) is 10.3. The zero-order chi connectivity index (χ0) is 25.8. The summed E-state index contributed by atoms with van der Waals surface area (Å²) >= 11 is 0. The predicted molar refractivity (Wildman–Crippen MR) is 148 cm³/mol. The molecule has 0 bridgehead atoms. The van der Waals surface area contributed by atoms with Gasteiger partial charge in [0.05, 0.1) is 16.2 Å². The minimum absolute atomic E-state index is 0.0580. The highest BCUT2D eigenvalue weighted by atomic mass is 32.2. The molecule has 0 radical (unpaired) electrons. The molecule has 5 N–H and O–H groups in total. The molecule has 0 atom stereocenters. The Kier molecular flexibility index (Phi) is 6.76. The molecule has 1 heterocycles. The fourth-order valence-corrected chi connectivity index (χ4v) is 5.32. The molecule has 1 amide bonds. The van der Waals surface area contributed by atoms with Gasteiger partial charge in [0.25, 0.3) is 15.9 Å². The maximum Gasteiger partial charge on any atom is 0.261 e. The molecule has 5 rings (SSSR count). The Morgan fingerprint density at radius 3 is 2.16 bits per heavy atom. The minimum Gasteiger partial charge on any atom is -0.354 e. The summed E-state index contributed by atoms with van der Waals surface area (Å²) in [4.78, 5) is 13.3. The molecule has 4 aromatic rings. The molecule has 186 valence electrons. The summed E-state index contributed by atoms with van der Waals surface area (Å²) in [5.41, 5.74) is 10.8. The van der Waals surface area contributed by atoms with Crippen molar-refractivity contribution in [1.82, 2.24) is 0 Å². The fraction of sp³-hybridized carbons (Fsp3) is 0.0690. The molecule has 7 nitrogen and oxygen atoms in total. The van der Waals surface area contributed by atoms with E-state index in [2.05, 4.69) is 15.4 Å². The van der Waals surface area contributed by atoms with Crippen LogP contribution in [0.1, 0.15) is 16.7 Å². The predicted octanol–water partition coefficient (Wildman–Crippen LogP) is 4.92. The van der Waals surface area contributed by atoms with Crippen LogP contribution in [0, 0.1) is 0 Å². The fourth-order valence-electron chi connectivity index (χ4n) is 4.23. The number of anilines is 3. The average molecular weight is 511 g/mol. The largest absolute Gasteiger partial charge is 0.354 e. The normalized spacial score (nSPS) is 14.0. The van der Waals surface area contributed by atoms with E-state index < -0.39 is 10.0 Å². The molecule has 0 saturated heterocycles. The van der Waals surface area contributed by atoms with E-state index in [1.54, 1.807) is 30.3 Å². The van der Waals surface area contributed by atoms with Crippen molar-refractivity contribution in [3.8, 4) is 0 Å². The van der Waals surface area contributed by atoms with Crippen LogP contribution >= 0.6 is 0 Å². The number of carbonyl (C=O) groups is 1. The number of benzene rings is 4. The van der Waals surface area contributed by atoms with E-state index in [0.717, 1.165) is 23.2 Å². The average Bonchev–Trinajstić information content (AvgIpc) is 3.24. The van der Waals surface area contributed by atoms with Crippen LogP contribution in [0.5, 0.6) is 0 Å². The molecular weight excluding hydrogens is 484 g/mol. The van der Waals surface area contributed by atoms with E-state index in [1.807, 2.05) is 60.7 Å². The Labute approximate surface area is 216 Å². The van der Waals surface area contributed by atoms with Crippen molar-refractivity contribution in [3.63, 3.8) is 0 Å². The lowest BCUT2D eigenvalue weighted by Gasteiger charge is -2.15. The Morgan fingerprint density at radius 2 is 1.49 bits per heavy atom. The van der Waals surface area contributed by atoms with Gasteiger partial charge in [-0.2, -0.15) is 0 Å². The van der Waals surface area contributed by atoms with Crippen molar-refractivity contribution in [2.75, 3.05) is 21.9 Å². The molecule has 0 saturated carbocycles. The van der Waals surface area contributed by atoms with Gasteiger partial charge < -0.3 is 16.4 Å². The Hall–Kier alpha value is -4.40. The van der Waals surface area contributed by atoms with Crippen molar-refractivity contribution in [1.29, 1.82) is 0 Å². The summed E-state index contributed by atoms with van der Waals surface area (Å²) in [5.74, 6) is -0.313. The number of hydrogen-bond acceptors (Lipinski definition) is 5. The smallest absolute Gasteiger partial charge is 0.261 e. The molecule has 8 heteroatoms. The summed E-state index contributed by atoms with van der Waals surface area (Å²) < 4.78 is 28.9. The summed E-state index contributed by atoms with van der Waals surface area (Å²) in [6, 6.07) is 30.6. The van der Waals surface area contributed by atoms with Crippen LogP contribution in [0.25, 0.3) is 11.3 Å². The standard InChI is InChI=1S/C29H26N4O3S/c30-18-17-20-11-13-22(14-12-20)31-28(21-7-3-1-4-8-21)27-25-19-24(15-16-26(25)32-29(27)34)37(35,36)33-23-9-5-2-6-10-23/h1-16,19,31,33H,17-18,30H2,(H,32,34)/b28-27-. The van der Waals surface area contributed by atoms with Gasteiger partial charge in [-0.25, -0.2) is 8.42 Å². The molecule has 0 aliphatic carbocycles. The molecule has 1 aliphatic heterocycles. The summed E-state index contributed by atoms with van der Waals surface area (Å²) in [6.07, 6.45) is 0.775. The Balaban J connectivity index is 1.59. The minimum atomic E-state index is -3.88. The van der Waals surface area contributed by atoms with Crippen LogP contribution in [0.15, 0.2) is 108 Å². The van der Waals surface area contributed by atoms with Crippen molar-refractivity contribution in [2.45, 2.75) is 11.3 Å². The third-order valence-electron chi connectivity index (χ3n) is 6.04. The lowest BCUT2D eigenvalue weighted by atomic mass is 10.00. The molecule has 0 spiro atoms. The number of hydrogen-bond donors (Lipinski definition) is 4. The number of fused-ring (bicyclic) bond motifs is 1. The van der Waals surface area contributed by atoms with Gasteiger partial charge in [-0.3, -0.25) is 9.52 Å². The van der Waals surface area contributed by atoms with Gasteiger partial charge in [-0.1, -0.05) is 60.7 Å². The van der Waals surface area contributed by atoms with E-state index in [9.17, 15) is 13.2 Å². The van der Waals surface area contributed by atoms with Gasteiger partial charge in [-0.05, 0) is 66.6 Å². The molecule has 1 aliphatic rings. The van der Waals surface area contributed by atoms with Crippen LogP contribution in [0.4, 0.5) is 17.1 Å². The topological polar surface area (TPSA) is 113 Å². The van der Waals surface area contributed by atoms with Gasteiger partial charge in [-0.15, -0.1) is 0 Å². The number of rotatable bonds is 8. The second-order valence-electron chi connectivity index (χ2n) is 8.61. The number of amides is 1. The third-order valence-corrected chi connectivity index (χ3v) is 7.42. The first kappa shape index (κ1) is 24.3. The molecular formula is C29H26N4O3S. The van der Waals surface area contributed by atoms with Crippen molar-refractivity contribution < 1.29 is 13.2 Å². The first-order chi connectivity index (χ1) is 17.9. The summed E-state index contributed by atoms with van der Waals surface area (Å²) in [7, 11) is -3.88. The number of para-hydroxylation sites is 1. The maximum absolute atomic E-state index is 13.2. The molecule has 0 unspecified atom stereocenters. The van der Waals surface area contributed by atoms with Gasteiger partial charge in [0.2, 0.25) is 0 Å². The molecule has 37 heavy (non-hydrogen) atoms. The monoisotopic (exact) mass is 510 g/mol. The summed E-state index contributed by atoms with van der Waals surface area (Å²) in [6.45, 7) is 0.563. The molecule has 0 fully saturated rings. The number of carbonyl (C=O) groups excluding carboxylic acids is 1. The van der Waals surface area contributed by atoms with Crippen LogP contribution in [0.2, 0.25) is 0 Å². The Morgan fingerprint density at radius 1 is 0.811 bits per heavy atom. The van der Waals surface area contributed by atoms with E-state index >= 15 is 0 Å². The number of nitrogens with two attached hydrogens (primary N) is 1. The quantitative estimate of drug-likeness (QED) is 0.251. The summed E-state index contributed by atoms with van der Waals surface area (Å²) in [5, 5.41) is 6.27. The van der Waals surface area contributed by atoms with Crippen LogP contribution < -0.4 is 21.1 Å². The van der Waals surface area contributed by atoms with Crippen LogP contribution in [0.3, 0.4) is 0 Å². The van der Waals surface area contributed by atoms with Crippen molar-refractivity contribution in [2.24, 2.45) is 5.73 Å². The highest BCUT2D eigenvalue weighted by Crippen LogP contribution is 2.39. The van der Waals surface area contributed by atoms with Gasteiger partial charge in [0.15, 0.2) is 0 Å². The maximum atomic E-state index is 13.2. The molecule has 0 aromatic heterocycles. The van der Waals surface area contributed by atoms with Crippen LogP contribution in [-0.4, -0.2) is 20.9 Å². The Bertz CT molecular complexity index is 1570. The zero-order valence-electron chi connectivity index (χ0n) is 19.9. The highest BCUT2D eigenvalue weighted by molar-refractivity contribution is 7.92. The second kappa shape index (κ2) is 10.3.